The molecule has 0 radical (unpaired) electrons. The molecule has 0 saturated heterocycles. The highest BCUT2D eigenvalue weighted by Crippen LogP contribution is 2.21. The van der Waals surface area contributed by atoms with E-state index in [1.807, 2.05) is 0 Å². The van der Waals surface area contributed by atoms with E-state index in [1.54, 1.807) is 24.3 Å². The first-order valence-corrected chi connectivity index (χ1v) is 10.2. The molecule has 2 unspecified atom stereocenters. The van der Waals surface area contributed by atoms with Crippen molar-refractivity contribution in [3.8, 4) is 0 Å². The second-order valence-electron chi connectivity index (χ2n) is 6.95. The number of carbonyl (C=O) groups is 1. The highest BCUT2D eigenvalue weighted by Gasteiger charge is 2.15. The van der Waals surface area contributed by atoms with Gasteiger partial charge in [0.05, 0.1) is 18.8 Å². The highest BCUT2D eigenvalue weighted by molar-refractivity contribution is 5.89. The lowest BCUT2D eigenvalue weighted by atomic mass is 9.97. The maximum Gasteiger partial charge on any atom is 0.338 e. The number of rotatable bonds is 14. The van der Waals surface area contributed by atoms with Crippen molar-refractivity contribution in [2.45, 2.75) is 78.4 Å². The number of benzene rings is 1. The monoisotopic (exact) mass is 364 g/mol. The lowest BCUT2D eigenvalue weighted by molar-refractivity contribution is -0.115. The van der Waals surface area contributed by atoms with E-state index in [0.717, 1.165) is 32.1 Å². The molecule has 1 aromatic carbocycles. The fourth-order valence-corrected chi connectivity index (χ4v) is 2.94. The Labute approximate surface area is 158 Å². The number of carbonyl (C=O) groups excluding carboxylic acids is 1. The minimum absolute atomic E-state index is 0.351. The van der Waals surface area contributed by atoms with Crippen LogP contribution in [0, 0.1) is 5.92 Å². The van der Waals surface area contributed by atoms with Gasteiger partial charge in [0.15, 0.2) is 6.29 Å². The molecule has 0 bridgehead atoms. The number of aliphatic hydroxyl groups is 1. The first-order chi connectivity index (χ1) is 12.6. The van der Waals surface area contributed by atoms with Crippen molar-refractivity contribution < 1.29 is 19.4 Å². The molecule has 0 saturated carbocycles. The quantitative estimate of drug-likeness (QED) is 0.263. The summed E-state index contributed by atoms with van der Waals surface area (Å²) in [4.78, 5) is 12.0. The second-order valence-corrected chi connectivity index (χ2v) is 6.95. The van der Waals surface area contributed by atoms with Crippen LogP contribution in [-0.2, 0) is 9.47 Å². The summed E-state index contributed by atoms with van der Waals surface area (Å²) in [5, 5.41) is 10.4. The third-order valence-electron chi connectivity index (χ3n) is 4.54. The van der Waals surface area contributed by atoms with Crippen LogP contribution in [0.5, 0.6) is 0 Å². The van der Waals surface area contributed by atoms with Gasteiger partial charge in [0, 0.05) is 5.56 Å². The average Bonchev–Trinajstić information content (AvgIpc) is 2.66. The SMILES string of the molecule is CCCCCC(CCC)COC(O)c1cccc(C(=O)OCCCC)c1. The van der Waals surface area contributed by atoms with Gasteiger partial charge in [-0.3, -0.25) is 0 Å². The molecule has 4 heteroatoms. The number of hydrogen-bond donors (Lipinski definition) is 1. The maximum atomic E-state index is 12.0. The Morgan fingerprint density at radius 3 is 2.50 bits per heavy atom. The van der Waals surface area contributed by atoms with Crippen LogP contribution >= 0.6 is 0 Å². The first kappa shape index (κ1) is 22.7. The van der Waals surface area contributed by atoms with Crippen molar-refractivity contribution in [1.29, 1.82) is 0 Å². The Morgan fingerprint density at radius 2 is 1.81 bits per heavy atom. The lowest BCUT2D eigenvalue weighted by Gasteiger charge is -2.19. The van der Waals surface area contributed by atoms with E-state index >= 15 is 0 Å². The van der Waals surface area contributed by atoms with Crippen molar-refractivity contribution in [2.75, 3.05) is 13.2 Å². The van der Waals surface area contributed by atoms with Crippen molar-refractivity contribution in [3.05, 3.63) is 35.4 Å². The lowest BCUT2D eigenvalue weighted by Crippen LogP contribution is -2.14. The summed E-state index contributed by atoms with van der Waals surface area (Å²) in [7, 11) is 0. The molecular weight excluding hydrogens is 328 g/mol. The molecule has 1 aromatic rings. The fourth-order valence-electron chi connectivity index (χ4n) is 2.94. The number of unbranched alkanes of at least 4 members (excludes halogenated alkanes) is 3. The Hall–Kier alpha value is -1.39. The highest BCUT2D eigenvalue weighted by atomic mass is 16.6. The fraction of sp³-hybridized carbons (Fsp3) is 0.682. The summed E-state index contributed by atoms with van der Waals surface area (Å²) in [6.45, 7) is 7.40. The molecule has 2 atom stereocenters. The van der Waals surface area contributed by atoms with E-state index in [2.05, 4.69) is 20.8 Å². The van der Waals surface area contributed by atoms with E-state index < -0.39 is 6.29 Å². The van der Waals surface area contributed by atoms with Gasteiger partial charge in [0.2, 0.25) is 0 Å². The largest absolute Gasteiger partial charge is 0.462 e. The van der Waals surface area contributed by atoms with Crippen LogP contribution in [-0.4, -0.2) is 24.3 Å². The number of aliphatic hydroxyl groups excluding tert-OH is 1. The summed E-state index contributed by atoms with van der Waals surface area (Å²) < 4.78 is 10.9. The van der Waals surface area contributed by atoms with Crippen molar-refractivity contribution in [2.24, 2.45) is 5.92 Å². The molecule has 0 aromatic heterocycles. The molecule has 0 fully saturated rings. The van der Waals surface area contributed by atoms with Crippen LogP contribution in [0.2, 0.25) is 0 Å². The third kappa shape index (κ3) is 8.81. The van der Waals surface area contributed by atoms with Gasteiger partial charge >= 0.3 is 5.97 Å². The van der Waals surface area contributed by atoms with Crippen LogP contribution in [0.25, 0.3) is 0 Å². The topological polar surface area (TPSA) is 55.8 Å². The standard InChI is InChI=1S/C22H36O4/c1-4-7-9-12-18(11-6-3)17-26-22(24)20-14-10-13-19(16-20)21(23)25-15-8-5-2/h10,13-14,16,18,22,24H,4-9,11-12,15,17H2,1-3H3. The van der Waals surface area contributed by atoms with E-state index in [0.29, 0.717) is 30.3 Å². The molecule has 26 heavy (non-hydrogen) atoms. The van der Waals surface area contributed by atoms with Crippen molar-refractivity contribution >= 4 is 5.97 Å². The normalized spacial score (nSPS) is 13.4. The molecule has 0 aliphatic heterocycles. The van der Waals surface area contributed by atoms with Gasteiger partial charge in [-0.1, -0.05) is 65.0 Å². The Bertz CT molecular complexity index is 501. The molecule has 0 spiro atoms. The maximum absolute atomic E-state index is 12.0. The summed E-state index contributed by atoms with van der Waals surface area (Å²) in [5.74, 6) is 0.124. The zero-order valence-electron chi connectivity index (χ0n) is 16.7. The molecule has 1 N–H and O–H groups in total. The summed E-state index contributed by atoms with van der Waals surface area (Å²) in [5.41, 5.74) is 1.05. The summed E-state index contributed by atoms with van der Waals surface area (Å²) >= 11 is 0. The van der Waals surface area contributed by atoms with Gasteiger partial charge in [-0.05, 0) is 37.3 Å². The molecule has 4 nitrogen and oxygen atoms in total. The number of ether oxygens (including phenoxy) is 2. The van der Waals surface area contributed by atoms with Crippen molar-refractivity contribution in [3.63, 3.8) is 0 Å². The van der Waals surface area contributed by atoms with Gasteiger partial charge < -0.3 is 14.6 Å². The zero-order valence-corrected chi connectivity index (χ0v) is 16.7. The van der Waals surface area contributed by atoms with Crippen molar-refractivity contribution in [1.82, 2.24) is 0 Å². The van der Waals surface area contributed by atoms with E-state index in [4.69, 9.17) is 9.47 Å². The van der Waals surface area contributed by atoms with Crippen LogP contribution in [0.15, 0.2) is 24.3 Å². The Kier molecular flexibility index (Phi) is 12.0. The van der Waals surface area contributed by atoms with Crippen LogP contribution < -0.4 is 0 Å². The van der Waals surface area contributed by atoms with Crippen LogP contribution in [0.4, 0.5) is 0 Å². The predicted octanol–water partition coefficient (Wildman–Crippen LogP) is 5.65. The van der Waals surface area contributed by atoms with Crippen LogP contribution in [0.3, 0.4) is 0 Å². The Balaban J connectivity index is 2.55. The van der Waals surface area contributed by atoms with E-state index in [-0.39, 0.29) is 5.97 Å². The molecule has 148 valence electrons. The van der Waals surface area contributed by atoms with E-state index in [1.165, 1.54) is 19.3 Å². The molecule has 0 aliphatic rings. The van der Waals surface area contributed by atoms with Gasteiger partial charge in [-0.25, -0.2) is 4.79 Å². The molecule has 0 heterocycles. The van der Waals surface area contributed by atoms with Crippen LogP contribution in [0.1, 0.15) is 94.3 Å². The average molecular weight is 365 g/mol. The van der Waals surface area contributed by atoms with Gasteiger partial charge in [-0.15, -0.1) is 0 Å². The zero-order chi connectivity index (χ0) is 19.2. The smallest absolute Gasteiger partial charge is 0.338 e. The van der Waals surface area contributed by atoms with E-state index in [9.17, 15) is 9.90 Å². The third-order valence-corrected chi connectivity index (χ3v) is 4.54. The molecule has 1 rings (SSSR count). The van der Waals surface area contributed by atoms with Gasteiger partial charge in [0.1, 0.15) is 0 Å². The minimum Gasteiger partial charge on any atom is -0.462 e. The number of esters is 1. The summed E-state index contributed by atoms with van der Waals surface area (Å²) in [6, 6.07) is 6.89. The molecule has 0 aliphatic carbocycles. The predicted molar refractivity (Wildman–Crippen MR) is 105 cm³/mol. The minimum atomic E-state index is -1.01. The van der Waals surface area contributed by atoms with Gasteiger partial charge in [-0.2, -0.15) is 0 Å². The Morgan fingerprint density at radius 1 is 1.04 bits per heavy atom. The second kappa shape index (κ2) is 13.8. The molecule has 0 amide bonds. The molecular formula is C22H36O4. The first-order valence-electron chi connectivity index (χ1n) is 10.2. The number of hydrogen-bond acceptors (Lipinski definition) is 4. The van der Waals surface area contributed by atoms with Gasteiger partial charge in [0.25, 0.3) is 0 Å². The summed E-state index contributed by atoms with van der Waals surface area (Å²) in [6.07, 6.45) is 7.86.